The molecular weight excluding hydrogens is 438 g/mol. The number of nitrogens with one attached hydrogen (secondary N) is 1. The molecule has 0 aliphatic heterocycles. The van der Waals surface area contributed by atoms with Crippen molar-refractivity contribution in [2.45, 2.75) is 0 Å². The van der Waals surface area contributed by atoms with E-state index in [1.54, 1.807) is 36.4 Å². The number of non-ortho nitro benzene ring substituents is 1. The molecule has 3 aromatic carbocycles. The van der Waals surface area contributed by atoms with Crippen molar-refractivity contribution in [3.8, 4) is 11.5 Å². The number of hydrogen-bond acceptors (Lipinski definition) is 7. The van der Waals surface area contributed by atoms with Crippen LogP contribution < -0.4 is 14.9 Å². The SMILES string of the molecule is COc1cc(C=NNC(=O)c2cccc([N+](=O)[O-])c2)ccc1OC(=O)c1ccc(Cl)cc1. The van der Waals surface area contributed by atoms with Gasteiger partial charge < -0.3 is 9.47 Å². The van der Waals surface area contributed by atoms with Gasteiger partial charge in [0.1, 0.15) is 0 Å². The molecule has 0 fully saturated rings. The first-order valence-corrected chi connectivity index (χ1v) is 9.49. The predicted octanol–water partition coefficient (Wildman–Crippen LogP) is 4.24. The lowest BCUT2D eigenvalue weighted by Gasteiger charge is -2.10. The Hall–Kier alpha value is -4.24. The zero-order valence-corrected chi connectivity index (χ0v) is 17.4. The van der Waals surface area contributed by atoms with Crippen molar-refractivity contribution in [2.75, 3.05) is 7.11 Å². The van der Waals surface area contributed by atoms with E-state index in [1.807, 2.05) is 0 Å². The maximum atomic E-state index is 12.3. The molecule has 1 amide bonds. The number of nitro groups is 1. The lowest BCUT2D eigenvalue weighted by Crippen LogP contribution is -2.17. The molecule has 0 unspecified atom stereocenters. The van der Waals surface area contributed by atoms with Crippen LogP contribution in [0.2, 0.25) is 5.02 Å². The predicted molar refractivity (Wildman–Crippen MR) is 118 cm³/mol. The molecule has 0 spiro atoms. The van der Waals surface area contributed by atoms with Gasteiger partial charge in [-0.25, -0.2) is 10.2 Å². The summed E-state index contributed by atoms with van der Waals surface area (Å²) in [4.78, 5) is 34.6. The fourth-order valence-electron chi connectivity index (χ4n) is 2.58. The maximum Gasteiger partial charge on any atom is 0.343 e. The quantitative estimate of drug-likeness (QED) is 0.188. The van der Waals surface area contributed by atoms with E-state index in [4.69, 9.17) is 21.1 Å². The summed E-state index contributed by atoms with van der Waals surface area (Å²) >= 11 is 5.82. The number of methoxy groups -OCH3 is 1. The van der Waals surface area contributed by atoms with Crippen molar-refractivity contribution in [3.63, 3.8) is 0 Å². The normalized spacial score (nSPS) is 10.6. The molecule has 0 radical (unpaired) electrons. The van der Waals surface area contributed by atoms with Crippen molar-refractivity contribution in [1.29, 1.82) is 0 Å². The highest BCUT2D eigenvalue weighted by molar-refractivity contribution is 6.30. The largest absolute Gasteiger partial charge is 0.493 e. The van der Waals surface area contributed by atoms with E-state index in [0.717, 1.165) is 6.07 Å². The number of halogens is 1. The Morgan fingerprint density at radius 1 is 1.03 bits per heavy atom. The van der Waals surface area contributed by atoms with Crippen molar-refractivity contribution in [3.05, 3.63) is 98.6 Å². The molecule has 1 N–H and O–H groups in total. The van der Waals surface area contributed by atoms with E-state index in [2.05, 4.69) is 10.5 Å². The van der Waals surface area contributed by atoms with Gasteiger partial charge in [0, 0.05) is 22.7 Å². The second kappa shape index (κ2) is 10.2. The van der Waals surface area contributed by atoms with Gasteiger partial charge in [-0.15, -0.1) is 0 Å². The third kappa shape index (κ3) is 5.67. The van der Waals surface area contributed by atoms with Gasteiger partial charge in [0.2, 0.25) is 0 Å². The minimum absolute atomic E-state index is 0.0957. The molecule has 10 heteroatoms. The van der Waals surface area contributed by atoms with Crippen LogP contribution in [0.3, 0.4) is 0 Å². The van der Waals surface area contributed by atoms with E-state index in [9.17, 15) is 19.7 Å². The molecule has 0 heterocycles. The van der Waals surface area contributed by atoms with Gasteiger partial charge in [-0.1, -0.05) is 17.7 Å². The zero-order valence-electron chi connectivity index (χ0n) is 16.7. The number of nitro benzene ring substituents is 1. The molecule has 0 saturated heterocycles. The zero-order chi connectivity index (χ0) is 23.1. The van der Waals surface area contributed by atoms with Crippen molar-refractivity contribution < 1.29 is 24.0 Å². The Morgan fingerprint density at radius 2 is 1.78 bits per heavy atom. The molecule has 3 aromatic rings. The molecule has 3 rings (SSSR count). The fraction of sp³-hybridized carbons (Fsp3) is 0.0455. The first kappa shape index (κ1) is 22.4. The second-order valence-corrected chi connectivity index (χ2v) is 6.75. The van der Waals surface area contributed by atoms with Crippen LogP contribution in [0, 0.1) is 10.1 Å². The van der Waals surface area contributed by atoms with Crippen molar-refractivity contribution >= 4 is 35.4 Å². The number of hydrogen-bond donors (Lipinski definition) is 1. The summed E-state index contributed by atoms with van der Waals surface area (Å²) in [5.74, 6) is -0.706. The van der Waals surface area contributed by atoms with Gasteiger partial charge >= 0.3 is 5.97 Å². The molecule has 162 valence electrons. The van der Waals surface area contributed by atoms with Crippen LogP contribution in [-0.4, -0.2) is 30.1 Å². The number of carbonyl (C=O) groups excluding carboxylic acids is 2. The third-order valence-corrected chi connectivity index (χ3v) is 4.42. The van der Waals surface area contributed by atoms with Gasteiger partial charge in [-0.2, -0.15) is 5.10 Å². The molecule has 32 heavy (non-hydrogen) atoms. The Balaban J connectivity index is 1.67. The Labute approximate surface area is 187 Å². The van der Waals surface area contributed by atoms with E-state index in [0.29, 0.717) is 16.1 Å². The first-order valence-electron chi connectivity index (χ1n) is 9.11. The molecule has 0 saturated carbocycles. The van der Waals surface area contributed by atoms with Crippen molar-refractivity contribution in [1.82, 2.24) is 5.43 Å². The number of amides is 1. The molecule has 0 aliphatic carbocycles. The van der Waals surface area contributed by atoms with E-state index in [-0.39, 0.29) is 22.7 Å². The molecular formula is C22H16ClN3O6. The molecule has 0 aromatic heterocycles. The number of nitrogens with zero attached hydrogens (tertiary/aromatic N) is 2. The Kier molecular flexibility index (Phi) is 7.14. The summed E-state index contributed by atoms with van der Waals surface area (Å²) in [6.07, 6.45) is 1.35. The number of ether oxygens (including phenoxy) is 2. The number of carbonyl (C=O) groups is 2. The molecule has 9 nitrogen and oxygen atoms in total. The molecule has 0 atom stereocenters. The summed E-state index contributed by atoms with van der Waals surface area (Å²) in [6.45, 7) is 0. The lowest BCUT2D eigenvalue weighted by molar-refractivity contribution is -0.384. The first-order chi connectivity index (χ1) is 15.4. The van der Waals surface area contributed by atoms with Crippen LogP contribution in [-0.2, 0) is 0 Å². The van der Waals surface area contributed by atoms with Crippen LogP contribution in [0.1, 0.15) is 26.3 Å². The highest BCUT2D eigenvalue weighted by atomic mass is 35.5. The minimum Gasteiger partial charge on any atom is -0.493 e. The highest BCUT2D eigenvalue weighted by Gasteiger charge is 2.13. The minimum atomic E-state index is -0.606. The second-order valence-electron chi connectivity index (χ2n) is 6.31. The van der Waals surface area contributed by atoms with Crippen LogP contribution >= 0.6 is 11.6 Å². The summed E-state index contributed by atoms with van der Waals surface area (Å²) in [5, 5.41) is 15.2. The number of esters is 1. The topological polar surface area (TPSA) is 120 Å². The standard InChI is InChI=1S/C22H16ClN3O6/c1-31-20-11-14(5-10-19(20)32-22(28)15-6-8-17(23)9-7-15)13-24-25-21(27)16-3-2-4-18(12-16)26(29)30/h2-13H,1H3,(H,25,27). The van der Waals surface area contributed by atoms with Crippen molar-refractivity contribution in [2.24, 2.45) is 5.10 Å². The van der Waals surface area contributed by atoms with E-state index in [1.165, 1.54) is 37.6 Å². The Bertz CT molecular complexity index is 1190. The smallest absolute Gasteiger partial charge is 0.343 e. The summed E-state index contributed by atoms with van der Waals surface area (Å²) in [6, 6.07) is 16.2. The number of rotatable bonds is 7. The van der Waals surface area contributed by atoms with Gasteiger partial charge in [0.15, 0.2) is 11.5 Å². The monoisotopic (exact) mass is 453 g/mol. The van der Waals surface area contributed by atoms with Gasteiger partial charge in [0.05, 0.1) is 23.8 Å². The molecule has 0 aliphatic rings. The van der Waals surface area contributed by atoms with Crippen LogP contribution in [0.5, 0.6) is 11.5 Å². The average Bonchev–Trinajstić information content (AvgIpc) is 2.80. The van der Waals surface area contributed by atoms with Gasteiger partial charge in [-0.05, 0) is 54.1 Å². The Morgan fingerprint density at radius 3 is 2.47 bits per heavy atom. The highest BCUT2D eigenvalue weighted by Crippen LogP contribution is 2.28. The molecule has 0 bridgehead atoms. The van der Waals surface area contributed by atoms with E-state index >= 15 is 0 Å². The van der Waals surface area contributed by atoms with Crippen LogP contribution in [0.4, 0.5) is 5.69 Å². The average molecular weight is 454 g/mol. The third-order valence-electron chi connectivity index (χ3n) is 4.17. The summed E-state index contributed by atoms with van der Waals surface area (Å²) in [7, 11) is 1.42. The van der Waals surface area contributed by atoms with E-state index < -0.39 is 16.8 Å². The van der Waals surface area contributed by atoms with Crippen LogP contribution in [0.25, 0.3) is 0 Å². The fourth-order valence-corrected chi connectivity index (χ4v) is 2.71. The number of benzene rings is 3. The number of hydrazone groups is 1. The van der Waals surface area contributed by atoms with Crippen LogP contribution in [0.15, 0.2) is 71.8 Å². The summed E-state index contributed by atoms with van der Waals surface area (Å²) < 4.78 is 10.6. The lowest BCUT2D eigenvalue weighted by atomic mass is 10.2. The maximum absolute atomic E-state index is 12.3. The van der Waals surface area contributed by atoms with Gasteiger partial charge in [0.25, 0.3) is 11.6 Å². The summed E-state index contributed by atoms with van der Waals surface area (Å²) in [5.41, 5.74) is 3.07. The van der Waals surface area contributed by atoms with Gasteiger partial charge in [-0.3, -0.25) is 14.9 Å².